The molecule has 0 aliphatic heterocycles. The Morgan fingerprint density at radius 3 is 1.50 bits per heavy atom. The van der Waals surface area contributed by atoms with E-state index in [1.165, 1.54) is 0 Å². The number of rotatable bonds is 8. The van der Waals surface area contributed by atoms with Crippen molar-refractivity contribution in [3.63, 3.8) is 0 Å². The molecule has 0 heterocycles. The fraction of sp³-hybridized carbons (Fsp3) is 1.00. The molecule has 0 saturated heterocycles. The first-order valence-corrected chi connectivity index (χ1v) is 6.40. The number of halogens is 12. The molecule has 0 atom stereocenters. The Hall–Kier alpha value is -0.330. The topological polar surface area (TPSA) is 9.23 Å². The second-order valence-corrected chi connectivity index (χ2v) is 4.81. The van der Waals surface area contributed by atoms with Crippen LogP contribution < -0.4 is 0 Å². The lowest BCUT2D eigenvalue weighted by atomic mass is 9.98. The van der Waals surface area contributed by atoms with Crippen molar-refractivity contribution in [2.75, 3.05) is 18.5 Å². The first-order valence-electron chi connectivity index (χ1n) is 5.28. The second kappa shape index (κ2) is 6.65. The van der Waals surface area contributed by atoms with Gasteiger partial charge in [-0.3, -0.25) is 0 Å². The lowest BCUT2D eigenvalue weighted by molar-refractivity contribution is -0.424. The van der Waals surface area contributed by atoms with Crippen molar-refractivity contribution in [1.82, 2.24) is 0 Å². The molecule has 0 saturated carbocycles. The number of alkyl halides is 12. The summed E-state index contributed by atoms with van der Waals surface area (Å²) in [6.07, 6.45) is -7.16. The Bertz CT molecular complexity index is 365. The average molecular weight is 421 g/mol. The van der Waals surface area contributed by atoms with E-state index in [1.54, 1.807) is 0 Å². The van der Waals surface area contributed by atoms with Gasteiger partial charge in [0.1, 0.15) is 6.61 Å². The largest absolute Gasteiger partial charge is 0.460 e. The van der Waals surface area contributed by atoms with E-state index in [0.29, 0.717) is 0 Å². The van der Waals surface area contributed by atoms with Crippen LogP contribution in [0.2, 0.25) is 0 Å². The van der Waals surface area contributed by atoms with E-state index in [1.807, 2.05) is 0 Å². The lowest BCUT2D eigenvalue weighted by Crippen LogP contribution is -2.67. The summed E-state index contributed by atoms with van der Waals surface area (Å²) in [6.45, 7) is -3.07. The molecule has 0 spiro atoms. The normalized spacial score (nSPS) is 15.3. The van der Waals surface area contributed by atoms with Gasteiger partial charge in [-0.25, -0.2) is 0 Å². The molecule has 0 bridgehead atoms. The van der Waals surface area contributed by atoms with Crippen molar-refractivity contribution in [2.45, 2.75) is 36.3 Å². The highest BCUT2D eigenvalue weighted by atomic mass is 79.9. The third kappa shape index (κ3) is 3.77. The fourth-order valence-electron chi connectivity index (χ4n) is 1.05. The van der Waals surface area contributed by atoms with Crippen molar-refractivity contribution in [2.24, 2.45) is 0 Å². The van der Waals surface area contributed by atoms with Crippen LogP contribution in [-0.2, 0) is 4.74 Å². The molecule has 0 unspecified atom stereocenters. The summed E-state index contributed by atoms with van der Waals surface area (Å²) in [4.78, 5) is 0. The summed E-state index contributed by atoms with van der Waals surface area (Å²) in [7, 11) is 0. The Labute approximate surface area is 124 Å². The Balaban J connectivity index is 5.41. The van der Waals surface area contributed by atoms with E-state index in [2.05, 4.69) is 20.7 Å². The monoisotopic (exact) mass is 420 g/mol. The van der Waals surface area contributed by atoms with Gasteiger partial charge in [0.25, 0.3) is 0 Å². The van der Waals surface area contributed by atoms with Gasteiger partial charge in [0.05, 0.1) is 0 Å². The Morgan fingerprint density at radius 1 is 0.682 bits per heavy atom. The zero-order valence-corrected chi connectivity index (χ0v) is 11.9. The second-order valence-electron chi connectivity index (χ2n) is 4.02. The summed E-state index contributed by atoms with van der Waals surface area (Å²) in [5.74, 6) is -27.7. The highest BCUT2D eigenvalue weighted by Crippen LogP contribution is 2.57. The van der Waals surface area contributed by atoms with Crippen LogP contribution in [0, 0.1) is 0 Å². The predicted octanol–water partition coefficient (Wildman–Crippen LogP) is 4.89. The Kier molecular flexibility index (Phi) is 6.55. The van der Waals surface area contributed by atoms with Crippen LogP contribution in [0.15, 0.2) is 0 Å². The molecule has 0 aliphatic carbocycles. The number of ether oxygens (including phenoxy) is 1. The fourth-order valence-corrected chi connectivity index (χ4v) is 1.28. The summed E-state index contributed by atoms with van der Waals surface area (Å²) in [5, 5.41) is 0.164. The van der Waals surface area contributed by atoms with E-state index in [4.69, 9.17) is 0 Å². The molecular formula is C9H8BrF11O. The van der Waals surface area contributed by atoms with Crippen LogP contribution in [-0.4, -0.2) is 48.4 Å². The van der Waals surface area contributed by atoms with Crippen LogP contribution in [0.4, 0.5) is 48.3 Å². The van der Waals surface area contributed by atoms with Crippen LogP contribution in [0.5, 0.6) is 0 Å². The minimum Gasteiger partial charge on any atom is -0.375 e. The molecule has 134 valence electrons. The number of hydrogen-bond donors (Lipinski definition) is 0. The average Bonchev–Trinajstić information content (AvgIpc) is 2.32. The van der Waals surface area contributed by atoms with Crippen LogP contribution in [0.25, 0.3) is 0 Å². The van der Waals surface area contributed by atoms with E-state index in [9.17, 15) is 48.3 Å². The van der Waals surface area contributed by atoms with Crippen molar-refractivity contribution in [3.05, 3.63) is 0 Å². The molecule has 0 amide bonds. The minimum atomic E-state index is -7.37. The zero-order chi connectivity index (χ0) is 18.0. The first kappa shape index (κ1) is 21.7. The highest BCUT2D eigenvalue weighted by molar-refractivity contribution is 9.09. The predicted molar refractivity (Wildman–Crippen MR) is 55.1 cm³/mol. The Morgan fingerprint density at radius 2 is 1.14 bits per heavy atom. The zero-order valence-electron chi connectivity index (χ0n) is 10.3. The SMILES string of the molecule is FC(F)(F)C(F)(F)C(F)(F)C(F)(F)C(F)(F)COCCCBr. The molecule has 0 aromatic rings. The van der Waals surface area contributed by atoms with Crippen LogP contribution in [0.1, 0.15) is 6.42 Å². The summed E-state index contributed by atoms with van der Waals surface area (Å²) in [5.41, 5.74) is 0. The highest BCUT2D eigenvalue weighted by Gasteiger charge is 2.87. The maximum Gasteiger partial charge on any atom is 0.460 e. The maximum absolute atomic E-state index is 13.0. The van der Waals surface area contributed by atoms with Gasteiger partial charge in [0.15, 0.2) is 0 Å². The van der Waals surface area contributed by atoms with Gasteiger partial charge in [0.2, 0.25) is 0 Å². The molecule has 0 aromatic heterocycles. The van der Waals surface area contributed by atoms with Crippen LogP contribution >= 0.6 is 15.9 Å². The van der Waals surface area contributed by atoms with Gasteiger partial charge in [-0.05, 0) is 6.42 Å². The molecule has 22 heavy (non-hydrogen) atoms. The third-order valence-corrected chi connectivity index (χ3v) is 2.87. The van der Waals surface area contributed by atoms with Gasteiger partial charge in [0, 0.05) is 11.9 Å². The summed E-state index contributed by atoms with van der Waals surface area (Å²) < 4.78 is 141. The van der Waals surface area contributed by atoms with Crippen molar-refractivity contribution < 1.29 is 53.0 Å². The summed E-state index contributed by atoms with van der Waals surface area (Å²) in [6, 6.07) is 0. The van der Waals surface area contributed by atoms with Gasteiger partial charge in [-0.15, -0.1) is 0 Å². The van der Waals surface area contributed by atoms with E-state index in [0.717, 1.165) is 0 Å². The molecule has 13 heteroatoms. The molecule has 0 radical (unpaired) electrons. The molecular weight excluding hydrogens is 413 g/mol. The van der Waals surface area contributed by atoms with Gasteiger partial charge in [-0.2, -0.15) is 48.3 Å². The molecule has 0 aliphatic rings. The molecule has 0 fully saturated rings. The minimum absolute atomic E-state index is 0.0171. The molecule has 0 aromatic carbocycles. The standard InChI is InChI=1S/C9H8BrF11O/c10-2-1-3-22-4-5(11,12)6(13,14)7(15,16)8(17,18)9(19,20)21/h1-4H2. The van der Waals surface area contributed by atoms with Gasteiger partial charge >= 0.3 is 29.9 Å². The van der Waals surface area contributed by atoms with Gasteiger partial charge < -0.3 is 4.74 Å². The van der Waals surface area contributed by atoms with E-state index < -0.39 is 43.1 Å². The van der Waals surface area contributed by atoms with Crippen molar-refractivity contribution >= 4 is 15.9 Å². The third-order valence-electron chi connectivity index (χ3n) is 2.31. The maximum atomic E-state index is 13.0. The van der Waals surface area contributed by atoms with Crippen molar-refractivity contribution in [3.8, 4) is 0 Å². The smallest absolute Gasteiger partial charge is 0.375 e. The number of hydrogen-bond acceptors (Lipinski definition) is 1. The van der Waals surface area contributed by atoms with E-state index in [-0.39, 0.29) is 11.8 Å². The summed E-state index contributed by atoms with van der Waals surface area (Å²) >= 11 is 2.79. The molecule has 1 nitrogen and oxygen atoms in total. The van der Waals surface area contributed by atoms with E-state index >= 15 is 0 Å². The lowest BCUT2D eigenvalue weighted by Gasteiger charge is -2.37. The first-order chi connectivity index (χ1) is 9.56. The van der Waals surface area contributed by atoms with Crippen molar-refractivity contribution in [1.29, 1.82) is 0 Å². The molecule has 0 N–H and O–H groups in total. The van der Waals surface area contributed by atoms with Gasteiger partial charge in [-0.1, -0.05) is 15.9 Å². The quantitative estimate of drug-likeness (QED) is 0.308. The molecule has 0 rings (SSSR count). The van der Waals surface area contributed by atoms with Crippen LogP contribution in [0.3, 0.4) is 0 Å².